The van der Waals surface area contributed by atoms with Crippen molar-refractivity contribution in [2.24, 2.45) is 0 Å². The van der Waals surface area contributed by atoms with Crippen molar-refractivity contribution in [3.8, 4) is 0 Å². The molecule has 0 nitrogen and oxygen atoms in total. The van der Waals surface area contributed by atoms with E-state index in [-0.39, 0.29) is 62.1 Å². The van der Waals surface area contributed by atoms with Gasteiger partial charge in [0.1, 0.15) is 0 Å². The Kier molecular flexibility index (Phi) is 236. The topological polar surface area (TPSA) is 0 Å². The Morgan fingerprint density at radius 3 is 1.00 bits per heavy atom. The van der Waals surface area contributed by atoms with Crippen molar-refractivity contribution >= 4 is 28.2 Å². The third-order valence-corrected chi connectivity index (χ3v) is 0. The van der Waals surface area contributed by atoms with Gasteiger partial charge in [-0.2, -0.15) is 0 Å². The summed E-state index contributed by atoms with van der Waals surface area (Å²) in [5.41, 5.74) is 0. The molecular weight excluding hydrogens is 195 g/mol. The molecule has 4 heavy (non-hydrogen) atoms. The van der Waals surface area contributed by atoms with E-state index in [2.05, 4.69) is 0 Å². The average molecular weight is 198 g/mol. The van der Waals surface area contributed by atoms with Gasteiger partial charge in [-0.1, -0.05) is 0 Å². The van der Waals surface area contributed by atoms with E-state index < -0.39 is 0 Å². The molecule has 0 bridgehead atoms. The quantitative estimate of drug-likeness (QED) is 0.413. The van der Waals surface area contributed by atoms with Gasteiger partial charge in [-0.3, -0.25) is 0 Å². The molecule has 26 valence electrons. The maximum atomic E-state index is 0. The fraction of sp³-hybridized carbons (Fsp3) is 0. The molecule has 0 spiro atoms. The molecule has 0 aromatic rings. The van der Waals surface area contributed by atoms with Gasteiger partial charge in [-0.15, -0.1) is 0 Å². The maximum absolute atomic E-state index is 0. The van der Waals surface area contributed by atoms with Crippen LogP contribution in [0.2, 0.25) is 0 Å². The minimum atomic E-state index is 0. The van der Waals surface area contributed by atoms with Crippen LogP contribution in [0.1, 0.15) is 0 Å². The molecule has 0 aromatic carbocycles. The normalized spacial score (nSPS) is 0. The fourth-order valence-corrected chi connectivity index (χ4v) is 0. The van der Waals surface area contributed by atoms with Gasteiger partial charge in [0.25, 0.3) is 0 Å². The molecule has 0 fully saturated rings. The first kappa shape index (κ1) is 42.9. The van der Waals surface area contributed by atoms with Crippen LogP contribution in [-0.2, 0) is 33.8 Å². The van der Waals surface area contributed by atoms with Crippen molar-refractivity contribution in [3.63, 3.8) is 0 Å². The molecule has 0 amide bonds. The summed E-state index contributed by atoms with van der Waals surface area (Å²) in [6, 6.07) is 0. The summed E-state index contributed by atoms with van der Waals surface area (Å²) in [5, 5.41) is 0. The molecular formula is H3BCoFeGa. The molecule has 0 aliphatic rings. The van der Waals surface area contributed by atoms with Gasteiger partial charge in [0.15, 0.2) is 0 Å². The van der Waals surface area contributed by atoms with E-state index in [4.69, 9.17) is 0 Å². The van der Waals surface area contributed by atoms with Crippen molar-refractivity contribution in [3.05, 3.63) is 0 Å². The average Bonchev–Trinajstić information content (AvgIpc) is 0. The van der Waals surface area contributed by atoms with E-state index in [9.17, 15) is 0 Å². The van der Waals surface area contributed by atoms with Gasteiger partial charge in [-0.05, 0) is 0 Å². The van der Waals surface area contributed by atoms with Gasteiger partial charge in [0.05, 0.1) is 0 Å². The first-order valence-electron chi connectivity index (χ1n) is 0. The summed E-state index contributed by atoms with van der Waals surface area (Å²) >= 11 is 0. The van der Waals surface area contributed by atoms with E-state index in [1.807, 2.05) is 0 Å². The van der Waals surface area contributed by atoms with Crippen LogP contribution in [0.25, 0.3) is 0 Å². The van der Waals surface area contributed by atoms with Crippen LogP contribution < -0.4 is 0 Å². The third kappa shape index (κ3) is 9.29. The van der Waals surface area contributed by atoms with E-state index in [0.717, 1.165) is 0 Å². The molecule has 0 aliphatic carbocycles. The summed E-state index contributed by atoms with van der Waals surface area (Å²) in [7, 11) is 0. The SMILES string of the molecule is [B].[Co].[Fe].[GaH3]. The van der Waals surface area contributed by atoms with E-state index in [1.165, 1.54) is 0 Å². The Hall–Kier alpha value is 1.73. The molecule has 0 N–H and O–H groups in total. The van der Waals surface area contributed by atoms with Crippen molar-refractivity contribution in [1.29, 1.82) is 0 Å². The summed E-state index contributed by atoms with van der Waals surface area (Å²) in [6.07, 6.45) is 0. The molecule has 0 aliphatic heterocycles. The summed E-state index contributed by atoms with van der Waals surface area (Å²) in [6.45, 7) is 0. The molecule has 0 rings (SSSR count). The van der Waals surface area contributed by atoms with Gasteiger partial charge >= 0.3 is 19.8 Å². The Bertz CT molecular complexity index is 8.00. The van der Waals surface area contributed by atoms with Gasteiger partial charge in [0, 0.05) is 42.3 Å². The molecule has 4 heteroatoms. The Balaban J connectivity index is 0. The van der Waals surface area contributed by atoms with Crippen LogP contribution in [0, 0.1) is 0 Å². The van der Waals surface area contributed by atoms with E-state index in [0.29, 0.717) is 0 Å². The molecule has 0 saturated carbocycles. The zero-order valence-corrected chi connectivity index (χ0v) is 3.41. The van der Waals surface area contributed by atoms with Crippen molar-refractivity contribution in [2.75, 3.05) is 0 Å². The van der Waals surface area contributed by atoms with Gasteiger partial charge in [0.2, 0.25) is 0 Å². The number of hydrogen-bond donors (Lipinski definition) is 0. The van der Waals surface area contributed by atoms with E-state index in [1.54, 1.807) is 0 Å². The zero-order valence-electron chi connectivity index (χ0n) is 1.26. The zero-order chi connectivity index (χ0) is 0. The molecule has 0 heterocycles. The minimum absolute atomic E-state index is 0. The number of rotatable bonds is 0. The second kappa shape index (κ2) is 22.0. The first-order valence-corrected chi connectivity index (χ1v) is 0. The molecule has 0 unspecified atom stereocenters. The predicted octanol–water partition coefficient (Wildman–Crippen LogP) is -1.57. The Labute approximate surface area is 61.8 Å². The van der Waals surface area contributed by atoms with Crippen LogP contribution in [0.4, 0.5) is 0 Å². The summed E-state index contributed by atoms with van der Waals surface area (Å²) < 4.78 is 0. The van der Waals surface area contributed by atoms with Crippen molar-refractivity contribution in [2.45, 2.75) is 0 Å². The molecule has 0 atom stereocenters. The van der Waals surface area contributed by atoms with Crippen LogP contribution in [-0.4, -0.2) is 28.2 Å². The predicted molar refractivity (Wildman–Crippen MR) is 15.7 cm³/mol. The fourth-order valence-electron chi connectivity index (χ4n) is 0. The summed E-state index contributed by atoms with van der Waals surface area (Å²) in [4.78, 5) is 0. The molecule has 0 aromatic heterocycles. The Morgan fingerprint density at radius 1 is 1.00 bits per heavy atom. The van der Waals surface area contributed by atoms with E-state index >= 15 is 0 Å². The van der Waals surface area contributed by atoms with Gasteiger partial charge in [-0.25, -0.2) is 0 Å². The van der Waals surface area contributed by atoms with Crippen LogP contribution >= 0.6 is 0 Å². The molecule has 0 saturated heterocycles. The monoisotopic (exact) mass is 198 g/mol. The standard InChI is InChI=1S/B.Co.Fe.Ga.3H. The summed E-state index contributed by atoms with van der Waals surface area (Å²) in [5.74, 6) is 0. The molecule has 4 radical (unpaired) electrons. The Morgan fingerprint density at radius 2 is 1.00 bits per heavy atom. The third-order valence-electron chi connectivity index (χ3n) is 0. The van der Waals surface area contributed by atoms with Crippen LogP contribution in [0.3, 0.4) is 0 Å². The van der Waals surface area contributed by atoms with Crippen LogP contribution in [0.5, 0.6) is 0 Å². The van der Waals surface area contributed by atoms with Crippen LogP contribution in [0.15, 0.2) is 0 Å². The van der Waals surface area contributed by atoms with Crippen molar-refractivity contribution < 1.29 is 33.8 Å². The second-order valence-corrected chi connectivity index (χ2v) is 0. The van der Waals surface area contributed by atoms with Gasteiger partial charge < -0.3 is 0 Å². The first-order chi connectivity index (χ1) is 0. The second-order valence-electron chi connectivity index (χ2n) is 0. The van der Waals surface area contributed by atoms with Crippen molar-refractivity contribution in [1.82, 2.24) is 0 Å². The number of hydrogen-bond acceptors (Lipinski definition) is 0.